The summed E-state index contributed by atoms with van der Waals surface area (Å²) in [7, 11) is 1.92. The predicted octanol–water partition coefficient (Wildman–Crippen LogP) is 2.54. The average molecular weight is 289 g/mol. The lowest BCUT2D eigenvalue weighted by Gasteiger charge is -2.20. The average Bonchev–Trinajstić information content (AvgIpc) is 3.23. The third-order valence-corrected chi connectivity index (χ3v) is 4.34. The number of rotatable bonds is 7. The van der Waals surface area contributed by atoms with Gasteiger partial charge in [0.15, 0.2) is 0 Å². The summed E-state index contributed by atoms with van der Waals surface area (Å²) in [4.78, 5) is 11.8. The zero-order chi connectivity index (χ0) is 14.7. The second-order valence-electron chi connectivity index (χ2n) is 6.51. The van der Waals surface area contributed by atoms with Gasteiger partial charge < -0.3 is 15.5 Å². The highest BCUT2D eigenvalue weighted by molar-refractivity contribution is 5.47. The summed E-state index contributed by atoms with van der Waals surface area (Å²) < 4.78 is 0. The summed E-state index contributed by atoms with van der Waals surface area (Å²) in [6.45, 7) is 7.02. The lowest BCUT2D eigenvalue weighted by molar-refractivity contribution is 0.294. The number of nitrogens with one attached hydrogen (secondary N) is 2. The van der Waals surface area contributed by atoms with Crippen molar-refractivity contribution in [1.29, 1.82) is 0 Å². The van der Waals surface area contributed by atoms with Crippen LogP contribution in [0.3, 0.4) is 0 Å². The van der Waals surface area contributed by atoms with Crippen molar-refractivity contribution in [3.8, 4) is 0 Å². The van der Waals surface area contributed by atoms with E-state index in [9.17, 15) is 0 Å². The van der Waals surface area contributed by atoms with Crippen LogP contribution in [0.15, 0.2) is 6.07 Å². The Bertz CT molecular complexity index is 466. The molecule has 5 heteroatoms. The van der Waals surface area contributed by atoms with Gasteiger partial charge in [-0.05, 0) is 44.7 Å². The van der Waals surface area contributed by atoms with E-state index in [-0.39, 0.29) is 0 Å². The number of hydrogen-bond acceptors (Lipinski definition) is 5. The zero-order valence-electron chi connectivity index (χ0n) is 13.2. The van der Waals surface area contributed by atoms with Crippen molar-refractivity contribution >= 4 is 11.6 Å². The highest BCUT2D eigenvalue weighted by Gasteiger charge is 2.27. The number of anilines is 2. The van der Waals surface area contributed by atoms with Gasteiger partial charge in [0.2, 0.25) is 0 Å². The Balaban J connectivity index is 1.54. The van der Waals surface area contributed by atoms with Gasteiger partial charge in [-0.1, -0.05) is 6.92 Å². The lowest BCUT2D eigenvalue weighted by Crippen LogP contribution is -2.29. The fraction of sp³-hybridized carbons (Fsp3) is 0.750. The normalized spacial score (nSPS) is 20.5. The molecule has 2 fully saturated rings. The Kier molecular flexibility index (Phi) is 4.58. The van der Waals surface area contributed by atoms with Gasteiger partial charge in [-0.25, -0.2) is 9.97 Å². The number of nitrogens with zero attached hydrogens (tertiary/aromatic N) is 3. The van der Waals surface area contributed by atoms with Crippen molar-refractivity contribution in [1.82, 2.24) is 14.9 Å². The Morgan fingerprint density at radius 1 is 1.24 bits per heavy atom. The maximum atomic E-state index is 4.67. The second kappa shape index (κ2) is 6.60. The summed E-state index contributed by atoms with van der Waals surface area (Å²) >= 11 is 0. The first-order valence-electron chi connectivity index (χ1n) is 8.27. The molecule has 116 valence electrons. The molecule has 0 amide bonds. The molecule has 1 saturated carbocycles. The van der Waals surface area contributed by atoms with E-state index in [2.05, 4.69) is 32.4 Å². The first-order valence-corrected chi connectivity index (χ1v) is 8.27. The van der Waals surface area contributed by atoms with Crippen molar-refractivity contribution in [2.24, 2.45) is 5.92 Å². The molecule has 1 unspecified atom stereocenters. The van der Waals surface area contributed by atoms with E-state index in [1.54, 1.807) is 0 Å². The van der Waals surface area contributed by atoms with E-state index < -0.39 is 0 Å². The molecule has 1 atom stereocenters. The Labute approximate surface area is 127 Å². The minimum atomic E-state index is 0.584. The highest BCUT2D eigenvalue weighted by atomic mass is 15.1. The van der Waals surface area contributed by atoms with Gasteiger partial charge in [0.25, 0.3) is 0 Å². The minimum absolute atomic E-state index is 0.584. The van der Waals surface area contributed by atoms with Crippen LogP contribution in [-0.4, -0.2) is 48.1 Å². The van der Waals surface area contributed by atoms with Crippen molar-refractivity contribution in [3.05, 3.63) is 11.9 Å². The molecule has 1 aromatic rings. The fourth-order valence-corrected chi connectivity index (χ4v) is 2.96. The highest BCUT2D eigenvalue weighted by Crippen LogP contribution is 2.38. The summed E-state index contributed by atoms with van der Waals surface area (Å²) in [5.41, 5.74) is 0. The van der Waals surface area contributed by atoms with Crippen LogP contribution < -0.4 is 10.6 Å². The molecule has 0 radical (unpaired) electrons. The molecular weight excluding hydrogens is 262 g/mol. The molecule has 0 aromatic carbocycles. The molecule has 1 aromatic heterocycles. The molecule has 2 N–H and O–H groups in total. The summed E-state index contributed by atoms with van der Waals surface area (Å²) in [5, 5.41) is 6.64. The standard InChI is InChI=1S/C16H27N5/c1-12(11-21-7-3-4-8-21)10-18-15-9-14(17-2)19-16(20-15)13-5-6-13/h9,12-13H,3-8,10-11H2,1-2H3,(H2,17,18,19,20). The Morgan fingerprint density at radius 3 is 2.62 bits per heavy atom. The van der Waals surface area contributed by atoms with Gasteiger partial charge in [-0.3, -0.25) is 0 Å². The lowest BCUT2D eigenvalue weighted by atomic mass is 10.1. The first kappa shape index (κ1) is 14.6. The molecule has 0 bridgehead atoms. The SMILES string of the molecule is CNc1cc(NCC(C)CN2CCCC2)nc(C2CC2)n1. The van der Waals surface area contributed by atoms with Crippen LogP contribution in [0.25, 0.3) is 0 Å². The Morgan fingerprint density at radius 2 is 1.95 bits per heavy atom. The van der Waals surface area contributed by atoms with Gasteiger partial charge in [-0.2, -0.15) is 0 Å². The summed E-state index contributed by atoms with van der Waals surface area (Å²) in [6, 6.07) is 2.01. The third-order valence-electron chi connectivity index (χ3n) is 4.34. The quantitative estimate of drug-likeness (QED) is 0.808. The minimum Gasteiger partial charge on any atom is -0.373 e. The number of likely N-dealkylation sites (tertiary alicyclic amines) is 1. The molecule has 2 heterocycles. The van der Waals surface area contributed by atoms with E-state index in [1.807, 2.05) is 13.1 Å². The maximum absolute atomic E-state index is 4.67. The van der Waals surface area contributed by atoms with Gasteiger partial charge in [0.1, 0.15) is 17.5 Å². The molecular formula is C16H27N5. The van der Waals surface area contributed by atoms with Gasteiger partial charge in [0, 0.05) is 32.1 Å². The van der Waals surface area contributed by atoms with Crippen LogP contribution >= 0.6 is 0 Å². The van der Waals surface area contributed by atoms with Gasteiger partial charge >= 0.3 is 0 Å². The topological polar surface area (TPSA) is 53.1 Å². The van der Waals surface area contributed by atoms with Crippen LogP contribution in [-0.2, 0) is 0 Å². The molecule has 1 aliphatic heterocycles. The van der Waals surface area contributed by atoms with Crippen molar-refractivity contribution in [3.63, 3.8) is 0 Å². The Hall–Kier alpha value is -1.36. The largest absolute Gasteiger partial charge is 0.373 e. The molecule has 1 aliphatic carbocycles. The molecule has 3 rings (SSSR count). The van der Waals surface area contributed by atoms with E-state index in [1.165, 1.54) is 45.3 Å². The van der Waals surface area contributed by atoms with Crippen LogP contribution in [0.5, 0.6) is 0 Å². The monoisotopic (exact) mass is 289 g/mol. The van der Waals surface area contributed by atoms with Crippen LogP contribution in [0.2, 0.25) is 0 Å². The zero-order valence-corrected chi connectivity index (χ0v) is 13.2. The first-order chi connectivity index (χ1) is 10.2. The van der Waals surface area contributed by atoms with Crippen molar-refractivity contribution in [2.75, 3.05) is 43.9 Å². The number of aromatic nitrogens is 2. The van der Waals surface area contributed by atoms with E-state index in [0.717, 1.165) is 24.0 Å². The molecule has 5 nitrogen and oxygen atoms in total. The second-order valence-corrected chi connectivity index (χ2v) is 6.51. The third kappa shape index (κ3) is 4.06. The van der Waals surface area contributed by atoms with Crippen molar-refractivity contribution < 1.29 is 0 Å². The van der Waals surface area contributed by atoms with E-state index in [0.29, 0.717) is 11.8 Å². The molecule has 0 spiro atoms. The van der Waals surface area contributed by atoms with Gasteiger partial charge in [0.05, 0.1) is 0 Å². The van der Waals surface area contributed by atoms with Crippen molar-refractivity contribution in [2.45, 2.75) is 38.5 Å². The van der Waals surface area contributed by atoms with Crippen LogP contribution in [0.4, 0.5) is 11.6 Å². The number of hydrogen-bond donors (Lipinski definition) is 2. The fourth-order valence-electron chi connectivity index (χ4n) is 2.96. The molecule has 2 aliphatic rings. The van der Waals surface area contributed by atoms with Gasteiger partial charge in [-0.15, -0.1) is 0 Å². The van der Waals surface area contributed by atoms with Crippen LogP contribution in [0.1, 0.15) is 44.3 Å². The summed E-state index contributed by atoms with van der Waals surface area (Å²) in [5.74, 6) is 4.10. The molecule has 1 saturated heterocycles. The van der Waals surface area contributed by atoms with Crippen LogP contribution in [0, 0.1) is 5.92 Å². The molecule has 21 heavy (non-hydrogen) atoms. The smallest absolute Gasteiger partial charge is 0.136 e. The predicted molar refractivity (Wildman–Crippen MR) is 86.9 cm³/mol. The van der Waals surface area contributed by atoms with E-state index >= 15 is 0 Å². The maximum Gasteiger partial charge on any atom is 0.136 e. The van der Waals surface area contributed by atoms with E-state index in [4.69, 9.17) is 0 Å². The summed E-state index contributed by atoms with van der Waals surface area (Å²) in [6.07, 6.45) is 5.20.